The number of benzene rings is 1. The van der Waals surface area contributed by atoms with Crippen molar-refractivity contribution in [1.29, 1.82) is 0 Å². The van der Waals surface area contributed by atoms with Gasteiger partial charge in [-0.2, -0.15) is 0 Å². The van der Waals surface area contributed by atoms with Gasteiger partial charge in [0.15, 0.2) is 11.6 Å². The molecule has 1 atom stereocenters. The van der Waals surface area contributed by atoms with Crippen molar-refractivity contribution >= 4 is 5.82 Å². The normalized spacial score (nSPS) is 17.1. The van der Waals surface area contributed by atoms with Crippen LogP contribution in [0.4, 0.5) is 10.2 Å². The third kappa shape index (κ3) is 2.10. The van der Waals surface area contributed by atoms with Crippen LogP contribution in [0.3, 0.4) is 0 Å². The van der Waals surface area contributed by atoms with E-state index in [2.05, 4.69) is 9.97 Å². The first-order valence-electron chi connectivity index (χ1n) is 5.94. The van der Waals surface area contributed by atoms with Crippen LogP contribution >= 0.6 is 0 Å². The summed E-state index contributed by atoms with van der Waals surface area (Å²) in [5.74, 6) is 0.224. The molecule has 0 bridgehead atoms. The highest BCUT2D eigenvalue weighted by molar-refractivity contribution is 5.63. The van der Waals surface area contributed by atoms with Gasteiger partial charge in [-0.25, -0.2) is 9.37 Å². The van der Waals surface area contributed by atoms with Gasteiger partial charge in [0.25, 0.3) is 0 Å². The Morgan fingerprint density at radius 2 is 2.16 bits per heavy atom. The average Bonchev–Trinajstić information content (AvgIpc) is 2.83. The Bertz CT molecular complexity index is 615. The van der Waals surface area contributed by atoms with Gasteiger partial charge in [-0.15, -0.1) is 0 Å². The van der Waals surface area contributed by atoms with Crippen molar-refractivity contribution in [2.45, 2.75) is 12.5 Å². The van der Waals surface area contributed by atoms with E-state index >= 15 is 0 Å². The Morgan fingerprint density at radius 3 is 2.84 bits per heavy atom. The van der Waals surface area contributed by atoms with Crippen LogP contribution in [0.5, 0.6) is 5.75 Å². The fourth-order valence-corrected chi connectivity index (χ4v) is 2.15. The number of rotatable bonds is 2. The highest BCUT2D eigenvalue weighted by atomic mass is 19.1. The number of hydrogen-bond donors (Lipinski definition) is 2. The number of aromatic nitrogens is 2. The Morgan fingerprint density at radius 1 is 1.32 bits per heavy atom. The van der Waals surface area contributed by atoms with E-state index < -0.39 is 5.82 Å². The maximum Gasteiger partial charge on any atom is 0.166 e. The molecule has 0 saturated heterocycles. The molecule has 0 fully saturated rings. The summed E-state index contributed by atoms with van der Waals surface area (Å²) >= 11 is 0. The predicted octanol–water partition coefficient (Wildman–Crippen LogP) is 1.13. The molecular weight excluding hydrogens is 247 g/mol. The van der Waals surface area contributed by atoms with E-state index in [1.165, 1.54) is 18.5 Å². The number of nitrogens with two attached hydrogens (primary N) is 2. The molecule has 3 rings (SSSR count). The average molecular weight is 260 g/mol. The molecule has 1 aromatic heterocycles. The van der Waals surface area contributed by atoms with Crippen LogP contribution in [-0.4, -0.2) is 22.6 Å². The second-order valence-electron chi connectivity index (χ2n) is 4.45. The molecule has 0 radical (unpaired) electrons. The highest BCUT2D eigenvalue weighted by Gasteiger charge is 2.25. The molecule has 1 aliphatic heterocycles. The lowest BCUT2D eigenvalue weighted by Gasteiger charge is -2.07. The van der Waals surface area contributed by atoms with Crippen molar-refractivity contribution in [1.82, 2.24) is 9.97 Å². The number of ether oxygens (including phenoxy) is 1. The van der Waals surface area contributed by atoms with Gasteiger partial charge in [0.1, 0.15) is 11.9 Å². The maximum absolute atomic E-state index is 14.0. The number of halogens is 1. The van der Waals surface area contributed by atoms with Crippen molar-refractivity contribution in [2.24, 2.45) is 5.73 Å². The highest BCUT2D eigenvalue weighted by Crippen LogP contribution is 2.35. The summed E-state index contributed by atoms with van der Waals surface area (Å²) in [5, 5.41) is 0. The van der Waals surface area contributed by atoms with Gasteiger partial charge >= 0.3 is 0 Å². The first-order valence-corrected chi connectivity index (χ1v) is 5.94. The summed E-state index contributed by atoms with van der Waals surface area (Å²) in [6.07, 6.45) is 3.42. The van der Waals surface area contributed by atoms with E-state index in [9.17, 15) is 4.39 Å². The predicted molar refractivity (Wildman–Crippen MR) is 69.0 cm³/mol. The quantitative estimate of drug-likeness (QED) is 0.845. The third-order valence-electron chi connectivity index (χ3n) is 3.08. The van der Waals surface area contributed by atoms with Crippen LogP contribution in [-0.2, 0) is 6.42 Å². The van der Waals surface area contributed by atoms with Crippen LogP contribution < -0.4 is 16.2 Å². The lowest BCUT2D eigenvalue weighted by Crippen LogP contribution is -2.24. The van der Waals surface area contributed by atoms with E-state index in [1.54, 1.807) is 0 Å². The van der Waals surface area contributed by atoms with E-state index in [-0.39, 0.29) is 6.10 Å². The molecule has 6 heteroatoms. The summed E-state index contributed by atoms with van der Waals surface area (Å²) in [4.78, 5) is 8.09. The topological polar surface area (TPSA) is 87.0 Å². The van der Waals surface area contributed by atoms with Gasteiger partial charge in [-0.05, 0) is 12.1 Å². The fourth-order valence-electron chi connectivity index (χ4n) is 2.15. The Labute approximate surface area is 109 Å². The smallest absolute Gasteiger partial charge is 0.166 e. The fraction of sp³-hybridized carbons (Fsp3) is 0.231. The maximum atomic E-state index is 14.0. The number of nitrogens with zero attached hydrogens (tertiary/aromatic N) is 2. The molecule has 0 aliphatic carbocycles. The minimum absolute atomic E-state index is 0.155. The molecule has 1 aromatic carbocycles. The van der Waals surface area contributed by atoms with Gasteiger partial charge in [0.05, 0.1) is 18.1 Å². The molecule has 19 heavy (non-hydrogen) atoms. The summed E-state index contributed by atoms with van der Waals surface area (Å²) in [6.45, 7) is 0.366. The second kappa shape index (κ2) is 4.47. The summed E-state index contributed by atoms with van der Waals surface area (Å²) < 4.78 is 19.4. The van der Waals surface area contributed by atoms with Gasteiger partial charge in [-0.3, -0.25) is 4.98 Å². The van der Waals surface area contributed by atoms with Crippen molar-refractivity contribution in [2.75, 3.05) is 12.3 Å². The van der Waals surface area contributed by atoms with E-state index in [0.29, 0.717) is 35.8 Å². The third-order valence-corrected chi connectivity index (χ3v) is 3.08. The molecule has 0 unspecified atom stereocenters. The minimum Gasteiger partial charge on any atom is -0.485 e. The number of hydrogen-bond acceptors (Lipinski definition) is 5. The Hall–Kier alpha value is -2.21. The summed E-state index contributed by atoms with van der Waals surface area (Å²) in [6, 6.07) is 3.24. The van der Waals surface area contributed by atoms with Crippen LogP contribution in [0.15, 0.2) is 24.5 Å². The monoisotopic (exact) mass is 260 g/mol. The molecule has 2 aromatic rings. The zero-order chi connectivity index (χ0) is 13.4. The van der Waals surface area contributed by atoms with Gasteiger partial charge in [0, 0.05) is 24.1 Å². The zero-order valence-corrected chi connectivity index (χ0v) is 10.1. The van der Waals surface area contributed by atoms with E-state index in [0.717, 1.165) is 5.56 Å². The second-order valence-corrected chi connectivity index (χ2v) is 4.45. The lowest BCUT2D eigenvalue weighted by atomic mass is 10.0. The molecule has 0 amide bonds. The van der Waals surface area contributed by atoms with Crippen LogP contribution in [0, 0.1) is 5.82 Å². The Balaban J connectivity index is 2.02. The zero-order valence-electron chi connectivity index (χ0n) is 10.1. The van der Waals surface area contributed by atoms with Gasteiger partial charge < -0.3 is 16.2 Å². The number of nitrogen functional groups attached to an aromatic ring is 1. The SMILES string of the molecule is NC[C@H]1Cc2cc(-c3cnc(N)cn3)cc(F)c2O1. The number of fused-ring (bicyclic) bond motifs is 1. The van der Waals surface area contributed by atoms with Crippen LogP contribution in [0.25, 0.3) is 11.3 Å². The van der Waals surface area contributed by atoms with Gasteiger partial charge in [0.2, 0.25) is 0 Å². The molecular formula is C13H13FN4O. The van der Waals surface area contributed by atoms with Crippen molar-refractivity contribution in [3.63, 3.8) is 0 Å². The molecule has 0 spiro atoms. The van der Waals surface area contributed by atoms with Crippen molar-refractivity contribution in [3.8, 4) is 17.0 Å². The molecule has 98 valence electrons. The van der Waals surface area contributed by atoms with E-state index in [1.807, 2.05) is 6.07 Å². The first-order chi connectivity index (χ1) is 9.17. The Kier molecular flexibility index (Phi) is 2.79. The molecule has 5 nitrogen and oxygen atoms in total. The molecule has 1 aliphatic rings. The van der Waals surface area contributed by atoms with Crippen LogP contribution in [0.1, 0.15) is 5.56 Å². The standard InChI is InChI=1S/C13H13FN4O/c14-10-3-7(11-5-18-12(16)6-17-11)1-8-2-9(4-15)19-13(8)10/h1,3,5-6,9H,2,4,15H2,(H2,16,18)/t9-/m1/s1. The largest absolute Gasteiger partial charge is 0.485 e. The number of anilines is 1. The molecule has 2 heterocycles. The van der Waals surface area contributed by atoms with Crippen molar-refractivity contribution < 1.29 is 9.13 Å². The summed E-state index contributed by atoms with van der Waals surface area (Å²) in [7, 11) is 0. The molecule has 4 N–H and O–H groups in total. The van der Waals surface area contributed by atoms with Crippen LogP contribution in [0.2, 0.25) is 0 Å². The van der Waals surface area contributed by atoms with Crippen molar-refractivity contribution in [3.05, 3.63) is 35.9 Å². The lowest BCUT2D eigenvalue weighted by molar-refractivity contribution is 0.232. The summed E-state index contributed by atoms with van der Waals surface area (Å²) in [5.41, 5.74) is 13.1. The van der Waals surface area contributed by atoms with E-state index in [4.69, 9.17) is 16.2 Å². The van der Waals surface area contributed by atoms with Gasteiger partial charge in [-0.1, -0.05) is 0 Å². The minimum atomic E-state index is -0.401. The first kappa shape index (κ1) is 11.9. The molecule has 0 saturated carbocycles.